The lowest BCUT2D eigenvalue weighted by atomic mass is 9.89. The van der Waals surface area contributed by atoms with Gasteiger partial charge in [0.15, 0.2) is 0 Å². The monoisotopic (exact) mass is 332 g/mol. The number of alkyl halides is 1. The van der Waals surface area contributed by atoms with Crippen LogP contribution < -0.4 is 4.65 Å². The van der Waals surface area contributed by atoms with Gasteiger partial charge in [-0.1, -0.05) is 12.0 Å². The minimum absolute atomic E-state index is 0.251. The molecule has 0 radical (unpaired) electrons. The van der Waals surface area contributed by atoms with Crippen molar-refractivity contribution in [2.24, 2.45) is 0 Å². The van der Waals surface area contributed by atoms with E-state index >= 15 is 0 Å². The minimum Gasteiger partial charge on any atom is -0.623 e. The lowest BCUT2D eigenvalue weighted by Gasteiger charge is -2.36. The van der Waals surface area contributed by atoms with Crippen LogP contribution in [0.1, 0.15) is 43.5 Å². The van der Waals surface area contributed by atoms with Gasteiger partial charge >= 0.3 is 5.13 Å². The average Bonchev–Trinajstić information content (AvgIpc) is 3.07. The Morgan fingerprint density at radius 1 is 1.38 bits per heavy atom. The van der Waals surface area contributed by atoms with Crippen LogP contribution in [-0.2, 0) is 0 Å². The average molecular weight is 333 g/mol. The van der Waals surface area contributed by atoms with Crippen LogP contribution in [0.5, 0.6) is 0 Å². The number of likely N-dealkylation sites (N-methyl/N-ethyl adjacent to an activating group) is 1. The van der Waals surface area contributed by atoms with Gasteiger partial charge in [-0.15, -0.1) is 16.7 Å². The lowest BCUT2D eigenvalue weighted by molar-refractivity contribution is 0.0843. The summed E-state index contributed by atoms with van der Waals surface area (Å²) in [5.74, 6) is 0.361. The zero-order chi connectivity index (χ0) is 15.0. The zero-order valence-electron chi connectivity index (χ0n) is 12.1. The maximum Gasteiger partial charge on any atom is 0.309 e. The van der Waals surface area contributed by atoms with Gasteiger partial charge in [-0.25, -0.2) is 4.90 Å². The summed E-state index contributed by atoms with van der Waals surface area (Å²) in [6.45, 7) is 3.39. The third-order valence-corrected chi connectivity index (χ3v) is 6.15. The van der Waals surface area contributed by atoms with Crippen molar-refractivity contribution in [1.29, 1.82) is 0 Å². The Kier molecular flexibility index (Phi) is 4.50. The number of quaternary nitrogens is 1. The second kappa shape index (κ2) is 6.06. The number of hydrogen-bond acceptors (Lipinski definition) is 6. The maximum absolute atomic E-state index is 12.9. The molecule has 1 aliphatic heterocycles. The molecule has 1 saturated carbocycles. The molecule has 1 aromatic rings. The van der Waals surface area contributed by atoms with E-state index < -0.39 is 10.9 Å². The van der Waals surface area contributed by atoms with Gasteiger partial charge in [-0.2, -0.15) is 0 Å². The number of nitrogens with zero attached hydrogens (tertiary/aromatic N) is 4. The van der Waals surface area contributed by atoms with Gasteiger partial charge in [0.05, 0.1) is 6.54 Å². The molecule has 118 valence electrons. The molecule has 3 rings (SSSR count). The van der Waals surface area contributed by atoms with Gasteiger partial charge in [0.25, 0.3) is 0 Å². The molecule has 0 aromatic carbocycles. The Morgan fingerprint density at radius 2 is 2.10 bits per heavy atom. The van der Waals surface area contributed by atoms with Crippen molar-refractivity contribution < 1.29 is 5.11 Å². The van der Waals surface area contributed by atoms with E-state index in [0.717, 1.165) is 37.2 Å². The zero-order valence-corrected chi connectivity index (χ0v) is 13.7. The van der Waals surface area contributed by atoms with E-state index in [-0.39, 0.29) is 12.0 Å². The Labute approximate surface area is 133 Å². The fourth-order valence-corrected chi connectivity index (χ4v) is 4.41. The van der Waals surface area contributed by atoms with E-state index in [0.29, 0.717) is 17.6 Å². The highest BCUT2D eigenvalue weighted by Gasteiger charge is 2.42. The van der Waals surface area contributed by atoms with E-state index in [1.165, 1.54) is 11.3 Å². The predicted molar refractivity (Wildman–Crippen MR) is 84.0 cm³/mol. The first-order valence-corrected chi connectivity index (χ1v) is 8.75. The number of aliphatic hydroxyl groups excluding tert-OH is 1. The second-order valence-corrected chi connectivity index (χ2v) is 7.56. The molecule has 6 nitrogen and oxygen atoms in total. The van der Waals surface area contributed by atoms with Crippen LogP contribution in [-0.4, -0.2) is 51.6 Å². The molecular formula is C13H21ClN4O2S. The number of rotatable bonds is 3. The number of β-amino-alcohol motifs (C(OH)–C–C–N with tert-alkyl or cyclic N) is 1. The van der Waals surface area contributed by atoms with Crippen LogP contribution in [0.4, 0.5) is 5.13 Å². The van der Waals surface area contributed by atoms with Gasteiger partial charge < -0.3 is 10.3 Å². The standard InChI is InChI=1S/C13H21ClN4O2S/c1-2-17-7-11(19)18(20,8-17)13-16-15-12(21-13)9-3-5-10(14)6-4-9/h9-11,19H,2-8H2,1H3. The topological polar surface area (TPSA) is 72.3 Å². The van der Waals surface area contributed by atoms with Crippen molar-refractivity contribution in [1.82, 2.24) is 19.7 Å². The predicted octanol–water partition coefficient (Wildman–Crippen LogP) is 2.22. The Hall–Kier alpha value is -0.310. The van der Waals surface area contributed by atoms with Gasteiger partial charge in [0.2, 0.25) is 6.23 Å². The van der Waals surface area contributed by atoms with Crippen molar-refractivity contribution in [3.05, 3.63) is 10.2 Å². The molecule has 2 unspecified atom stereocenters. The normalized spacial score (nSPS) is 38.0. The van der Waals surface area contributed by atoms with Crippen molar-refractivity contribution >= 4 is 28.1 Å². The molecule has 21 heavy (non-hydrogen) atoms. The number of halogens is 1. The van der Waals surface area contributed by atoms with Gasteiger partial charge in [0, 0.05) is 17.8 Å². The molecule has 1 saturated heterocycles. The van der Waals surface area contributed by atoms with E-state index in [1.807, 2.05) is 11.8 Å². The fourth-order valence-electron chi connectivity index (χ4n) is 3.07. The summed E-state index contributed by atoms with van der Waals surface area (Å²) in [6.07, 6.45) is 3.02. The molecule has 8 heteroatoms. The van der Waals surface area contributed by atoms with E-state index in [2.05, 4.69) is 10.2 Å². The number of aromatic nitrogens is 2. The molecule has 0 amide bonds. The molecule has 2 aliphatic rings. The Morgan fingerprint density at radius 3 is 2.71 bits per heavy atom. The van der Waals surface area contributed by atoms with E-state index in [1.54, 1.807) is 0 Å². The highest BCUT2D eigenvalue weighted by molar-refractivity contribution is 7.15. The SMILES string of the molecule is CCN1CC(O)[N+]([O-])(c2nnc(C3CCC(Cl)CC3)s2)C1. The summed E-state index contributed by atoms with van der Waals surface area (Å²) in [7, 11) is 0. The van der Waals surface area contributed by atoms with Crippen molar-refractivity contribution in [3.63, 3.8) is 0 Å². The summed E-state index contributed by atoms with van der Waals surface area (Å²) >= 11 is 7.49. The maximum atomic E-state index is 12.9. The summed E-state index contributed by atoms with van der Waals surface area (Å²) in [4.78, 5) is 1.94. The van der Waals surface area contributed by atoms with Gasteiger partial charge in [0.1, 0.15) is 11.7 Å². The molecular weight excluding hydrogens is 312 g/mol. The quantitative estimate of drug-likeness (QED) is 0.522. The minimum atomic E-state index is -0.968. The molecule has 0 spiro atoms. The smallest absolute Gasteiger partial charge is 0.309 e. The van der Waals surface area contributed by atoms with Gasteiger partial charge in [-0.3, -0.25) is 4.65 Å². The van der Waals surface area contributed by atoms with Gasteiger partial charge in [-0.05, 0) is 37.0 Å². The summed E-state index contributed by atoms with van der Waals surface area (Å²) in [6, 6.07) is 0. The highest BCUT2D eigenvalue weighted by Crippen LogP contribution is 2.40. The summed E-state index contributed by atoms with van der Waals surface area (Å²) in [5, 5.41) is 32.9. The molecule has 2 heterocycles. The van der Waals surface area contributed by atoms with Crippen molar-refractivity contribution in [3.8, 4) is 0 Å². The molecule has 2 fully saturated rings. The van der Waals surface area contributed by atoms with E-state index in [9.17, 15) is 10.3 Å². The lowest BCUT2D eigenvalue weighted by Crippen LogP contribution is -2.48. The molecule has 0 bridgehead atoms. The van der Waals surface area contributed by atoms with Crippen molar-refractivity contribution in [2.45, 2.75) is 50.1 Å². The number of hydrogen-bond donors (Lipinski definition) is 1. The molecule has 2 atom stereocenters. The fraction of sp³-hybridized carbons (Fsp3) is 0.846. The third-order valence-electron chi connectivity index (χ3n) is 4.52. The Balaban J connectivity index is 1.75. The van der Waals surface area contributed by atoms with Crippen LogP contribution in [0.25, 0.3) is 0 Å². The Bertz CT molecular complexity index is 494. The first-order chi connectivity index (χ1) is 10.0. The van der Waals surface area contributed by atoms with Crippen LogP contribution in [0, 0.1) is 5.21 Å². The van der Waals surface area contributed by atoms with E-state index in [4.69, 9.17) is 11.6 Å². The third kappa shape index (κ3) is 2.95. The summed E-state index contributed by atoms with van der Waals surface area (Å²) < 4.78 is -0.781. The first kappa shape index (κ1) is 15.6. The molecule has 1 aliphatic carbocycles. The van der Waals surface area contributed by atoms with Crippen LogP contribution in [0.15, 0.2) is 0 Å². The number of aliphatic hydroxyl groups is 1. The van der Waals surface area contributed by atoms with Crippen LogP contribution in [0.2, 0.25) is 0 Å². The summed E-state index contributed by atoms with van der Waals surface area (Å²) in [5.41, 5.74) is 0. The second-order valence-electron chi connectivity index (χ2n) is 5.96. The number of hydroxylamine groups is 2. The first-order valence-electron chi connectivity index (χ1n) is 7.50. The van der Waals surface area contributed by atoms with Crippen LogP contribution >= 0.6 is 22.9 Å². The highest BCUT2D eigenvalue weighted by atomic mass is 35.5. The largest absolute Gasteiger partial charge is 0.623 e. The van der Waals surface area contributed by atoms with Crippen molar-refractivity contribution in [2.75, 3.05) is 19.8 Å². The molecule has 1 aromatic heterocycles. The van der Waals surface area contributed by atoms with Crippen LogP contribution in [0.3, 0.4) is 0 Å². The molecule has 1 N–H and O–H groups in total.